The summed E-state index contributed by atoms with van der Waals surface area (Å²) >= 11 is 0. The standard InChI is InChI=1S/C12H15N3/c1-9(2)5-6-15-12-4-3-11(14)7-10(12)8-13/h3-5,7,15H,6,14H2,1-2H3. The highest BCUT2D eigenvalue weighted by molar-refractivity contribution is 5.63. The Labute approximate surface area is 90.2 Å². The van der Waals surface area contributed by atoms with Crippen molar-refractivity contribution < 1.29 is 0 Å². The molecule has 3 nitrogen and oxygen atoms in total. The number of nitrogens with two attached hydrogens (primary N) is 1. The van der Waals surface area contributed by atoms with E-state index in [1.165, 1.54) is 5.57 Å². The summed E-state index contributed by atoms with van der Waals surface area (Å²) < 4.78 is 0. The van der Waals surface area contributed by atoms with E-state index >= 15 is 0 Å². The zero-order valence-electron chi connectivity index (χ0n) is 9.04. The highest BCUT2D eigenvalue weighted by Gasteiger charge is 2.00. The van der Waals surface area contributed by atoms with E-state index in [4.69, 9.17) is 11.0 Å². The van der Waals surface area contributed by atoms with Crippen LogP contribution in [0.5, 0.6) is 0 Å². The molecule has 0 amide bonds. The molecule has 0 saturated heterocycles. The molecule has 1 rings (SSSR count). The van der Waals surface area contributed by atoms with E-state index in [0.717, 1.165) is 12.2 Å². The van der Waals surface area contributed by atoms with Gasteiger partial charge in [0.05, 0.1) is 11.3 Å². The zero-order valence-corrected chi connectivity index (χ0v) is 9.04. The second kappa shape index (κ2) is 5.06. The molecule has 3 heteroatoms. The number of nitrogen functional groups attached to an aromatic ring is 1. The summed E-state index contributed by atoms with van der Waals surface area (Å²) in [6.07, 6.45) is 2.07. The van der Waals surface area contributed by atoms with Gasteiger partial charge in [-0.3, -0.25) is 0 Å². The summed E-state index contributed by atoms with van der Waals surface area (Å²) in [5, 5.41) is 12.1. The van der Waals surface area contributed by atoms with Crippen LogP contribution < -0.4 is 11.1 Å². The number of benzene rings is 1. The second-order valence-corrected chi connectivity index (χ2v) is 3.58. The lowest BCUT2D eigenvalue weighted by atomic mass is 10.1. The fraction of sp³-hybridized carbons (Fsp3) is 0.250. The van der Waals surface area contributed by atoms with Gasteiger partial charge in [0.1, 0.15) is 6.07 Å². The third kappa shape index (κ3) is 3.35. The van der Waals surface area contributed by atoms with Gasteiger partial charge in [-0.25, -0.2) is 0 Å². The van der Waals surface area contributed by atoms with Gasteiger partial charge in [0.25, 0.3) is 0 Å². The molecule has 15 heavy (non-hydrogen) atoms. The van der Waals surface area contributed by atoms with Crippen molar-refractivity contribution in [2.75, 3.05) is 17.6 Å². The number of anilines is 2. The zero-order chi connectivity index (χ0) is 11.3. The van der Waals surface area contributed by atoms with Crippen LogP contribution in [0.1, 0.15) is 19.4 Å². The highest BCUT2D eigenvalue weighted by atomic mass is 14.9. The van der Waals surface area contributed by atoms with Crippen molar-refractivity contribution in [1.29, 1.82) is 5.26 Å². The number of allylic oxidation sites excluding steroid dienone is 1. The first kappa shape index (κ1) is 11.1. The molecule has 0 heterocycles. The number of hydrogen-bond donors (Lipinski definition) is 2. The predicted molar refractivity (Wildman–Crippen MR) is 63.5 cm³/mol. The van der Waals surface area contributed by atoms with Crippen LogP contribution in [-0.2, 0) is 0 Å². The minimum absolute atomic E-state index is 0.581. The van der Waals surface area contributed by atoms with Crippen molar-refractivity contribution >= 4 is 11.4 Å². The fourth-order valence-corrected chi connectivity index (χ4v) is 1.17. The molecule has 0 unspecified atom stereocenters. The van der Waals surface area contributed by atoms with Crippen molar-refractivity contribution in [1.82, 2.24) is 0 Å². The molecule has 0 bridgehead atoms. The van der Waals surface area contributed by atoms with Crippen LogP contribution in [0.3, 0.4) is 0 Å². The summed E-state index contributed by atoms with van der Waals surface area (Å²) in [4.78, 5) is 0. The van der Waals surface area contributed by atoms with Crippen LogP contribution in [-0.4, -0.2) is 6.54 Å². The summed E-state index contributed by atoms with van der Waals surface area (Å²) in [6.45, 7) is 4.80. The number of nitriles is 1. The molecule has 1 aromatic carbocycles. The van der Waals surface area contributed by atoms with Gasteiger partial charge in [0.2, 0.25) is 0 Å². The maximum Gasteiger partial charge on any atom is 0.101 e. The van der Waals surface area contributed by atoms with Gasteiger partial charge in [-0.05, 0) is 32.0 Å². The number of nitrogens with zero attached hydrogens (tertiary/aromatic N) is 1. The smallest absolute Gasteiger partial charge is 0.101 e. The Bertz CT molecular complexity index is 409. The monoisotopic (exact) mass is 201 g/mol. The van der Waals surface area contributed by atoms with Gasteiger partial charge < -0.3 is 11.1 Å². The van der Waals surface area contributed by atoms with Gasteiger partial charge in [-0.2, -0.15) is 5.26 Å². The Balaban J connectivity index is 2.78. The SMILES string of the molecule is CC(C)=CCNc1ccc(N)cc1C#N. The lowest BCUT2D eigenvalue weighted by Crippen LogP contribution is -2.01. The van der Waals surface area contributed by atoms with Crippen LogP contribution in [0, 0.1) is 11.3 Å². The first-order valence-electron chi connectivity index (χ1n) is 4.80. The van der Waals surface area contributed by atoms with Crippen LogP contribution in [0.4, 0.5) is 11.4 Å². The van der Waals surface area contributed by atoms with E-state index in [9.17, 15) is 0 Å². The topological polar surface area (TPSA) is 61.8 Å². The fourth-order valence-electron chi connectivity index (χ4n) is 1.17. The van der Waals surface area contributed by atoms with E-state index < -0.39 is 0 Å². The highest BCUT2D eigenvalue weighted by Crippen LogP contribution is 2.17. The van der Waals surface area contributed by atoms with Gasteiger partial charge in [-0.1, -0.05) is 11.6 Å². The third-order valence-corrected chi connectivity index (χ3v) is 1.97. The number of rotatable bonds is 3. The average molecular weight is 201 g/mol. The van der Waals surface area contributed by atoms with Gasteiger partial charge in [-0.15, -0.1) is 0 Å². The summed E-state index contributed by atoms with van der Waals surface area (Å²) in [6, 6.07) is 7.39. The number of nitrogens with one attached hydrogen (secondary N) is 1. The first-order valence-corrected chi connectivity index (χ1v) is 4.80. The molecular weight excluding hydrogens is 186 g/mol. The Morgan fingerprint density at radius 3 is 2.87 bits per heavy atom. The summed E-state index contributed by atoms with van der Waals surface area (Å²) in [7, 11) is 0. The Hall–Kier alpha value is -1.95. The summed E-state index contributed by atoms with van der Waals surface area (Å²) in [5.41, 5.74) is 8.85. The maximum absolute atomic E-state index is 8.89. The number of hydrogen-bond acceptors (Lipinski definition) is 3. The second-order valence-electron chi connectivity index (χ2n) is 3.58. The molecule has 3 N–H and O–H groups in total. The van der Waals surface area contributed by atoms with E-state index in [0.29, 0.717) is 11.3 Å². The maximum atomic E-state index is 8.89. The minimum Gasteiger partial charge on any atom is -0.399 e. The van der Waals surface area contributed by atoms with Crippen molar-refractivity contribution in [2.24, 2.45) is 0 Å². The van der Waals surface area contributed by atoms with Crippen molar-refractivity contribution in [3.8, 4) is 6.07 Å². The van der Waals surface area contributed by atoms with Crippen molar-refractivity contribution in [2.45, 2.75) is 13.8 Å². The molecule has 0 spiro atoms. The molecule has 0 aromatic heterocycles. The van der Waals surface area contributed by atoms with E-state index in [1.807, 2.05) is 19.9 Å². The molecule has 78 valence electrons. The quantitative estimate of drug-likeness (QED) is 0.583. The molecule has 0 atom stereocenters. The van der Waals surface area contributed by atoms with Crippen LogP contribution >= 0.6 is 0 Å². The minimum atomic E-state index is 0.581. The molecule has 1 aromatic rings. The third-order valence-electron chi connectivity index (χ3n) is 1.97. The van der Waals surface area contributed by atoms with E-state index in [2.05, 4.69) is 17.5 Å². The Morgan fingerprint density at radius 1 is 1.53 bits per heavy atom. The molecule has 0 aliphatic heterocycles. The molecule has 0 saturated carbocycles. The van der Waals surface area contributed by atoms with Gasteiger partial charge in [0.15, 0.2) is 0 Å². The Morgan fingerprint density at radius 2 is 2.27 bits per heavy atom. The molecule has 0 radical (unpaired) electrons. The Kier molecular flexibility index (Phi) is 3.75. The van der Waals surface area contributed by atoms with Gasteiger partial charge >= 0.3 is 0 Å². The normalized spacial score (nSPS) is 9.13. The molecule has 0 aliphatic rings. The van der Waals surface area contributed by atoms with Crippen LogP contribution in [0.2, 0.25) is 0 Å². The van der Waals surface area contributed by atoms with Crippen molar-refractivity contribution in [3.05, 3.63) is 35.4 Å². The van der Waals surface area contributed by atoms with Crippen molar-refractivity contribution in [3.63, 3.8) is 0 Å². The molecule has 0 aliphatic carbocycles. The van der Waals surface area contributed by atoms with Crippen LogP contribution in [0.25, 0.3) is 0 Å². The van der Waals surface area contributed by atoms with Gasteiger partial charge in [0, 0.05) is 12.2 Å². The van der Waals surface area contributed by atoms with E-state index in [-0.39, 0.29) is 0 Å². The molecular formula is C12H15N3. The lowest BCUT2D eigenvalue weighted by Gasteiger charge is -2.06. The largest absolute Gasteiger partial charge is 0.399 e. The average Bonchev–Trinajstić information content (AvgIpc) is 2.19. The lowest BCUT2D eigenvalue weighted by molar-refractivity contribution is 1.26. The summed E-state index contributed by atoms with van der Waals surface area (Å²) in [5.74, 6) is 0. The van der Waals surface area contributed by atoms with E-state index in [1.54, 1.807) is 12.1 Å². The van der Waals surface area contributed by atoms with Crippen LogP contribution in [0.15, 0.2) is 29.8 Å². The molecule has 0 fully saturated rings. The first-order chi connectivity index (χ1) is 7.13. The predicted octanol–water partition coefficient (Wildman–Crippen LogP) is 2.52.